The minimum absolute atomic E-state index is 0.0316. The van der Waals surface area contributed by atoms with Gasteiger partial charge in [0, 0.05) is 15.4 Å². The van der Waals surface area contributed by atoms with Crippen LogP contribution in [-0.2, 0) is 11.3 Å². The lowest BCUT2D eigenvalue weighted by Crippen LogP contribution is -3.08. The molecule has 1 unspecified atom stereocenters. The lowest BCUT2D eigenvalue weighted by atomic mass is 10.2. The first kappa shape index (κ1) is 17.8. The van der Waals surface area contributed by atoms with Crippen LogP contribution < -0.4 is 9.80 Å². The van der Waals surface area contributed by atoms with E-state index in [1.165, 1.54) is 12.1 Å². The summed E-state index contributed by atoms with van der Waals surface area (Å²) in [5.74, 6) is -0.216. The molecule has 0 fully saturated rings. The van der Waals surface area contributed by atoms with Crippen LogP contribution in [-0.4, -0.2) is 19.5 Å². The molecule has 5 heteroatoms. The van der Waals surface area contributed by atoms with Crippen molar-refractivity contribution in [3.63, 3.8) is 0 Å². The van der Waals surface area contributed by atoms with Crippen LogP contribution >= 0.6 is 11.8 Å². The van der Waals surface area contributed by atoms with Crippen LogP contribution in [0, 0.1) is 5.82 Å². The van der Waals surface area contributed by atoms with E-state index in [0.717, 1.165) is 31.6 Å². The van der Waals surface area contributed by atoms with Gasteiger partial charge in [-0.2, -0.15) is 0 Å². The molecule has 3 aromatic carbocycles. The number of rotatable bonds is 4. The van der Waals surface area contributed by atoms with Gasteiger partial charge in [-0.3, -0.25) is 9.69 Å². The van der Waals surface area contributed by atoms with Crippen molar-refractivity contribution in [2.75, 3.05) is 18.5 Å². The number of carbonyl (C=O) groups excluding carboxylic acids is 1. The Morgan fingerprint density at radius 1 is 0.963 bits per heavy atom. The Morgan fingerprint density at radius 2 is 1.59 bits per heavy atom. The topological polar surface area (TPSA) is 24.8 Å². The molecule has 0 spiro atoms. The average molecular weight is 379 g/mol. The number of para-hydroxylation sites is 2. The second-order valence-corrected chi connectivity index (χ2v) is 7.79. The fraction of sp³-hybridized carbons (Fsp3) is 0.136. The van der Waals surface area contributed by atoms with Gasteiger partial charge in [0.1, 0.15) is 12.4 Å². The first-order valence-corrected chi connectivity index (χ1v) is 9.68. The Balaban J connectivity index is 1.58. The molecule has 1 atom stereocenters. The van der Waals surface area contributed by atoms with E-state index in [2.05, 4.69) is 0 Å². The summed E-state index contributed by atoms with van der Waals surface area (Å²) in [6.45, 7) is 0.916. The Kier molecular flexibility index (Phi) is 4.97. The smallest absolute Gasteiger partial charge is 0.286 e. The van der Waals surface area contributed by atoms with Crippen molar-refractivity contribution in [1.29, 1.82) is 0 Å². The zero-order valence-electron chi connectivity index (χ0n) is 15.0. The molecule has 0 radical (unpaired) electrons. The lowest BCUT2D eigenvalue weighted by Gasteiger charge is -2.31. The first-order valence-electron chi connectivity index (χ1n) is 8.86. The van der Waals surface area contributed by atoms with Crippen LogP contribution in [0.3, 0.4) is 0 Å². The second-order valence-electron chi connectivity index (χ2n) is 6.71. The first-order chi connectivity index (χ1) is 13.1. The van der Waals surface area contributed by atoms with E-state index in [1.807, 2.05) is 66.5 Å². The number of quaternary nitrogens is 1. The highest BCUT2D eigenvalue weighted by molar-refractivity contribution is 7.99. The molecule has 4 rings (SSSR count). The molecule has 0 saturated heterocycles. The molecular formula is C22H20FN2OS+. The van der Waals surface area contributed by atoms with Gasteiger partial charge in [0.15, 0.2) is 6.54 Å². The fourth-order valence-corrected chi connectivity index (χ4v) is 4.43. The maximum absolute atomic E-state index is 13.4. The van der Waals surface area contributed by atoms with Gasteiger partial charge in [-0.15, -0.1) is 0 Å². The van der Waals surface area contributed by atoms with E-state index in [-0.39, 0.29) is 11.7 Å². The molecule has 1 aliphatic heterocycles. The molecule has 1 N–H and O–H groups in total. The number of amides is 1. The molecule has 0 aromatic heterocycles. The number of anilines is 2. The fourth-order valence-electron chi connectivity index (χ4n) is 3.37. The van der Waals surface area contributed by atoms with Crippen LogP contribution in [0.1, 0.15) is 5.56 Å². The number of nitrogens with zero attached hydrogens (tertiary/aromatic N) is 1. The molecule has 0 saturated carbocycles. The molecular weight excluding hydrogens is 359 g/mol. The summed E-state index contributed by atoms with van der Waals surface area (Å²) in [6, 6.07) is 22.5. The van der Waals surface area contributed by atoms with Gasteiger partial charge in [-0.1, -0.05) is 48.2 Å². The number of hydrogen-bond acceptors (Lipinski definition) is 2. The predicted octanol–water partition coefficient (Wildman–Crippen LogP) is 3.67. The van der Waals surface area contributed by atoms with Crippen molar-refractivity contribution < 1.29 is 14.1 Å². The van der Waals surface area contributed by atoms with Gasteiger partial charge in [0.25, 0.3) is 5.91 Å². The third-order valence-electron chi connectivity index (χ3n) is 4.53. The zero-order chi connectivity index (χ0) is 18.8. The molecule has 1 heterocycles. The van der Waals surface area contributed by atoms with Crippen LogP contribution in [0.5, 0.6) is 0 Å². The Morgan fingerprint density at radius 3 is 2.22 bits per heavy atom. The Hall–Kier alpha value is -2.63. The van der Waals surface area contributed by atoms with E-state index in [1.54, 1.807) is 17.8 Å². The largest absolute Gasteiger partial charge is 0.326 e. The van der Waals surface area contributed by atoms with Crippen molar-refractivity contribution in [2.24, 2.45) is 0 Å². The minimum atomic E-state index is -0.248. The quantitative estimate of drug-likeness (QED) is 0.748. The highest BCUT2D eigenvalue weighted by atomic mass is 32.2. The number of halogens is 1. The van der Waals surface area contributed by atoms with Crippen LogP contribution in [0.15, 0.2) is 82.6 Å². The number of likely N-dealkylation sites (N-methyl/N-ethyl adjacent to an activating group) is 1. The van der Waals surface area contributed by atoms with Crippen molar-refractivity contribution >= 4 is 29.0 Å². The van der Waals surface area contributed by atoms with E-state index in [4.69, 9.17) is 0 Å². The van der Waals surface area contributed by atoms with Crippen molar-refractivity contribution in [1.82, 2.24) is 0 Å². The normalized spacial score (nSPS) is 13.6. The van der Waals surface area contributed by atoms with Gasteiger partial charge in [0.05, 0.1) is 18.4 Å². The summed E-state index contributed by atoms with van der Waals surface area (Å²) < 4.78 is 13.4. The monoisotopic (exact) mass is 379 g/mol. The summed E-state index contributed by atoms with van der Waals surface area (Å²) in [6.07, 6.45) is 0. The summed E-state index contributed by atoms with van der Waals surface area (Å²) in [5.41, 5.74) is 2.73. The SMILES string of the molecule is C[NH+](CC(=O)N1c2ccccc2Sc2ccccc21)Cc1cccc(F)c1. The second kappa shape index (κ2) is 7.55. The maximum Gasteiger partial charge on any atom is 0.286 e. The third kappa shape index (κ3) is 3.75. The van der Waals surface area contributed by atoms with Crippen molar-refractivity contribution in [3.8, 4) is 0 Å². The summed E-state index contributed by atoms with van der Waals surface area (Å²) in [5, 5.41) is 0. The van der Waals surface area contributed by atoms with Gasteiger partial charge >= 0.3 is 0 Å². The molecule has 3 aromatic rings. The van der Waals surface area contributed by atoms with Gasteiger partial charge in [-0.05, 0) is 36.4 Å². The third-order valence-corrected chi connectivity index (χ3v) is 5.66. The van der Waals surface area contributed by atoms with Gasteiger partial charge in [0.2, 0.25) is 0 Å². The van der Waals surface area contributed by atoms with E-state index in [0.29, 0.717) is 13.1 Å². The highest BCUT2D eigenvalue weighted by Gasteiger charge is 2.29. The molecule has 3 nitrogen and oxygen atoms in total. The van der Waals surface area contributed by atoms with Crippen molar-refractivity contribution in [2.45, 2.75) is 16.3 Å². The molecule has 1 aliphatic rings. The van der Waals surface area contributed by atoms with Crippen LogP contribution in [0.25, 0.3) is 0 Å². The number of benzene rings is 3. The maximum atomic E-state index is 13.4. The minimum Gasteiger partial charge on any atom is -0.326 e. The highest BCUT2D eigenvalue weighted by Crippen LogP contribution is 2.47. The molecule has 136 valence electrons. The van der Waals surface area contributed by atoms with Crippen LogP contribution in [0.4, 0.5) is 15.8 Å². The Labute approximate surface area is 162 Å². The summed E-state index contributed by atoms with van der Waals surface area (Å²) in [7, 11) is 1.96. The number of carbonyl (C=O) groups is 1. The van der Waals surface area contributed by atoms with Crippen molar-refractivity contribution in [3.05, 3.63) is 84.2 Å². The predicted molar refractivity (Wildman–Crippen MR) is 106 cm³/mol. The standard InChI is InChI=1S/C22H19FN2OS/c1-24(14-16-7-6-8-17(23)13-16)15-22(26)25-18-9-2-4-11-20(18)27-21-12-5-3-10-19(21)25/h2-13H,14-15H2,1H3/p+1. The van der Waals surface area contributed by atoms with E-state index >= 15 is 0 Å². The summed E-state index contributed by atoms with van der Waals surface area (Å²) in [4.78, 5) is 18.2. The van der Waals surface area contributed by atoms with E-state index in [9.17, 15) is 9.18 Å². The van der Waals surface area contributed by atoms with Crippen LogP contribution in [0.2, 0.25) is 0 Å². The Bertz CT molecular complexity index is 946. The van der Waals surface area contributed by atoms with E-state index < -0.39 is 0 Å². The average Bonchev–Trinajstić information content (AvgIpc) is 2.65. The molecule has 27 heavy (non-hydrogen) atoms. The number of nitrogens with one attached hydrogen (secondary N) is 1. The van der Waals surface area contributed by atoms with Gasteiger partial charge in [-0.25, -0.2) is 4.39 Å². The molecule has 0 aliphatic carbocycles. The summed E-state index contributed by atoms with van der Waals surface area (Å²) >= 11 is 1.68. The lowest BCUT2D eigenvalue weighted by molar-refractivity contribution is -0.885. The number of hydrogen-bond donors (Lipinski definition) is 1. The zero-order valence-corrected chi connectivity index (χ0v) is 15.8. The molecule has 0 bridgehead atoms. The number of fused-ring (bicyclic) bond motifs is 2. The van der Waals surface area contributed by atoms with Gasteiger partial charge < -0.3 is 4.90 Å². The molecule has 1 amide bonds.